The highest BCUT2D eigenvalue weighted by molar-refractivity contribution is 5.92. The smallest absolute Gasteiger partial charge is 0.181 e. The lowest BCUT2D eigenvalue weighted by molar-refractivity contribution is 0.0378. The maximum absolute atomic E-state index is 5.41. The summed E-state index contributed by atoms with van der Waals surface area (Å²) in [5, 5.41) is 3.53. The summed E-state index contributed by atoms with van der Waals surface area (Å²) in [7, 11) is 0. The van der Waals surface area contributed by atoms with Crippen LogP contribution in [-0.4, -0.2) is 58.7 Å². The molecule has 6 heteroatoms. The molecule has 0 amide bonds. The summed E-state index contributed by atoms with van der Waals surface area (Å²) < 4.78 is 7.63. The molecule has 3 heterocycles. The molecule has 5 rings (SSSR count). The molecule has 1 N–H and O–H groups in total. The molecule has 6 nitrogen and oxygen atoms in total. The molecular formula is C21H23N5O. The lowest BCUT2D eigenvalue weighted by atomic mass is 10.2. The van der Waals surface area contributed by atoms with E-state index in [0.29, 0.717) is 0 Å². The molecular weight excluding hydrogens is 338 g/mol. The standard InChI is InChI=1S/C21H23N5O/c1-3-8-18-16(6-1)23-20(22-10-5-11-25-12-14-27-15-13-25)21-24-17-7-2-4-9-19(17)26(18)21/h1-4,6-9H,5,10-15H2,(H,22,23). The van der Waals surface area contributed by atoms with Crippen LogP contribution in [0.15, 0.2) is 48.5 Å². The molecule has 1 aliphatic rings. The molecule has 0 spiro atoms. The Hall–Kier alpha value is -2.70. The number of nitrogens with zero attached hydrogens (tertiary/aromatic N) is 4. The van der Waals surface area contributed by atoms with Gasteiger partial charge in [-0.05, 0) is 37.2 Å². The summed E-state index contributed by atoms with van der Waals surface area (Å²) in [5.74, 6) is 0.854. The van der Waals surface area contributed by atoms with Crippen molar-refractivity contribution in [3.05, 3.63) is 48.5 Å². The summed E-state index contributed by atoms with van der Waals surface area (Å²) in [4.78, 5) is 12.2. The van der Waals surface area contributed by atoms with Gasteiger partial charge in [-0.2, -0.15) is 0 Å². The molecule has 27 heavy (non-hydrogen) atoms. The van der Waals surface area contributed by atoms with Gasteiger partial charge in [0, 0.05) is 19.6 Å². The first-order valence-electron chi connectivity index (χ1n) is 9.60. The molecule has 138 valence electrons. The Morgan fingerprint density at radius 1 is 0.889 bits per heavy atom. The van der Waals surface area contributed by atoms with Gasteiger partial charge >= 0.3 is 0 Å². The topological polar surface area (TPSA) is 54.7 Å². The Balaban J connectivity index is 1.45. The second-order valence-corrected chi connectivity index (χ2v) is 6.94. The van der Waals surface area contributed by atoms with Crippen molar-refractivity contribution < 1.29 is 4.74 Å². The van der Waals surface area contributed by atoms with Gasteiger partial charge in [-0.25, -0.2) is 9.97 Å². The van der Waals surface area contributed by atoms with Crippen LogP contribution in [-0.2, 0) is 4.74 Å². The molecule has 2 aromatic heterocycles. The van der Waals surface area contributed by atoms with Crippen LogP contribution >= 0.6 is 0 Å². The zero-order valence-corrected chi connectivity index (χ0v) is 15.3. The van der Waals surface area contributed by atoms with Crippen molar-refractivity contribution in [3.8, 4) is 0 Å². The van der Waals surface area contributed by atoms with Gasteiger partial charge in [0.05, 0.1) is 35.3 Å². The molecule has 0 atom stereocenters. The van der Waals surface area contributed by atoms with E-state index in [4.69, 9.17) is 14.7 Å². The third-order valence-corrected chi connectivity index (χ3v) is 5.17. The summed E-state index contributed by atoms with van der Waals surface area (Å²) >= 11 is 0. The first kappa shape index (κ1) is 16.5. The number of hydrogen-bond donors (Lipinski definition) is 1. The van der Waals surface area contributed by atoms with Gasteiger partial charge < -0.3 is 10.1 Å². The molecule has 0 unspecified atom stereocenters. The number of nitrogens with one attached hydrogen (secondary N) is 1. The number of anilines is 1. The van der Waals surface area contributed by atoms with Crippen LogP contribution in [0.1, 0.15) is 6.42 Å². The number of hydrogen-bond acceptors (Lipinski definition) is 5. The second-order valence-electron chi connectivity index (χ2n) is 6.94. The third kappa shape index (κ3) is 3.11. The van der Waals surface area contributed by atoms with Gasteiger partial charge in [-0.1, -0.05) is 24.3 Å². The Morgan fingerprint density at radius 2 is 1.56 bits per heavy atom. The molecule has 0 bridgehead atoms. The number of ether oxygens (including phenoxy) is 1. The lowest BCUT2D eigenvalue weighted by Crippen LogP contribution is -2.37. The molecule has 4 aromatic rings. The fraction of sp³-hybridized carbons (Fsp3) is 0.333. The van der Waals surface area contributed by atoms with Crippen molar-refractivity contribution in [3.63, 3.8) is 0 Å². The zero-order chi connectivity index (χ0) is 18.1. The first-order valence-corrected chi connectivity index (χ1v) is 9.60. The molecule has 1 aliphatic heterocycles. The van der Waals surface area contributed by atoms with E-state index in [0.717, 1.165) is 79.3 Å². The summed E-state index contributed by atoms with van der Waals surface area (Å²) in [6.45, 7) is 5.72. The average molecular weight is 361 g/mol. The second kappa shape index (κ2) is 7.13. The van der Waals surface area contributed by atoms with Gasteiger partial charge in [0.1, 0.15) is 0 Å². The SMILES string of the molecule is c1ccc2c(c1)nc(NCCCN1CCOCC1)c1nc3ccccc3n12. The average Bonchev–Trinajstić information content (AvgIpc) is 3.12. The highest BCUT2D eigenvalue weighted by Crippen LogP contribution is 2.26. The van der Waals surface area contributed by atoms with Crippen molar-refractivity contribution in [1.29, 1.82) is 0 Å². The minimum absolute atomic E-state index is 0.848. The highest BCUT2D eigenvalue weighted by Gasteiger charge is 2.14. The Labute approximate surface area is 157 Å². The maximum atomic E-state index is 5.41. The van der Waals surface area contributed by atoms with Crippen molar-refractivity contribution in [2.45, 2.75) is 6.42 Å². The Morgan fingerprint density at radius 3 is 2.30 bits per heavy atom. The number of fused-ring (bicyclic) bond motifs is 5. The fourth-order valence-electron chi connectivity index (χ4n) is 3.80. The monoisotopic (exact) mass is 361 g/mol. The Kier molecular flexibility index (Phi) is 4.35. The number of imidazole rings is 1. The van der Waals surface area contributed by atoms with Crippen molar-refractivity contribution in [2.24, 2.45) is 0 Å². The molecule has 0 radical (unpaired) electrons. The van der Waals surface area contributed by atoms with Gasteiger partial charge in [0.25, 0.3) is 0 Å². The summed E-state index contributed by atoms with van der Waals surface area (Å²) in [5.41, 5.74) is 5.06. The lowest BCUT2D eigenvalue weighted by Gasteiger charge is -2.26. The largest absolute Gasteiger partial charge is 0.379 e. The third-order valence-electron chi connectivity index (χ3n) is 5.17. The van der Waals surface area contributed by atoms with E-state index in [9.17, 15) is 0 Å². The van der Waals surface area contributed by atoms with E-state index in [2.05, 4.69) is 44.9 Å². The van der Waals surface area contributed by atoms with Gasteiger partial charge in [0.15, 0.2) is 11.5 Å². The number of aromatic nitrogens is 3. The number of benzene rings is 2. The van der Waals surface area contributed by atoms with Crippen LogP contribution in [0.25, 0.3) is 27.7 Å². The summed E-state index contributed by atoms with van der Waals surface area (Å²) in [6, 6.07) is 16.5. The predicted octanol–water partition coefficient (Wildman–Crippen LogP) is 3.17. The minimum Gasteiger partial charge on any atom is -0.379 e. The highest BCUT2D eigenvalue weighted by atomic mass is 16.5. The van der Waals surface area contributed by atoms with Crippen molar-refractivity contribution in [2.75, 3.05) is 44.7 Å². The predicted molar refractivity (Wildman–Crippen MR) is 108 cm³/mol. The van der Waals surface area contributed by atoms with E-state index in [-0.39, 0.29) is 0 Å². The van der Waals surface area contributed by atoms with Crippen LogP contribution in [0, 0.1) is 0 Å². The van der Waals surface area contributed by atoms with E-state index in [1.54, 1.807) is 0 Å². The van der Waals surface area contributed by atoms with Crippen LogP contribution in [0.5, 0.6) is 0 Å². The maximum Gasteiger partial charge on any atom is 0.181 e. The first-order chi connectivity index (χ1) is 13.4. The molecule has 1 fully saturated rings. The Bertz CT molecular complexity index is 1080. The number of rotatable bonds is 5. The van der Waals surface area contributed by atoms with Crippen LogP contribution < -0.4 is 5.32 Å². The number of para-hydroxylation sites is 4. The normalized spacial score (nSPS) is 15.7. The van der Waals surface area contributed by atoms with Gasteiger partial charge in [-0.3, -0.25) is 9.30 Å². The molecule has 2 aromatic carbocycles. The van der Waals surface area contributed by atoms with E-state index in [1.807, 2.05) is 18.2 Å². The quantitative estimate of drug-likeness (QED) is 0.554. The van der Waals surface area contributed by atoms with E-state index < -0.39 is 0 Å². The van der Waals surface area contributed by atoms with E-state index in [1.165, 1.54) is 0 Å². The van der Waals surface area contributed by atoms with Crippen LogP contribution in [0.3, 0.4) is 0 Å². The van der Waals surface area contributed by atoms with Crippen LogP contribution in [0.2, 0.25) is 0 Å². The molecule has 1 saturated heterocycles. The summed E-state index contributed by atoms with van der Waals surface area (Å²) in [6.07, 6.45) is 1.07. The van der Waals surface area contributed by atoms with Gasteiger partial charge in [0.2, 0.25) is 0 Å². The zero-order valence-electron chi connectivity index (χ0n) is 15.3. The number of morpholine rings is 1. The van der Waals surface area contributed by atoms with Crippen molar-refractivity contribution in [1.82, 2.24) is 19.3 Å². The minimum atomic E-state index is 0.848. The molecule has 0 aliphatic carbocycles. The van der Waals surface area contributed by atoms with E-state index >= 15 is 0 Å². The fourth-order valence-corrected chi connectivity index (χ4v) is 3.80. The van der Waals surface area contributed by atoms with Crippen LogP contribution in [0.4, 0.5) is 5.82 Å². The van der Waals surface area contributed by atoms with Gasteiger partial charge in [-0.15, -0.1) is 0 Å². The molecule has 0 saturated carbocycles. The van der Waals surface area contributed by atoms with Crippen molar-refractivity contribution >= 4 is 33.5 Å².